The van der Waals surface area contributed by atoms with E-state index in [1.54, 1.807) is 7.11 Å². The van der Waals surface area contributed by atoms with Crippen LogP contribution in [0.4, 0.5) is 11.8 Å². The third-order valence-corrected chi connectivity index (χ3v) is 7.29. The predicted octanol–water partition coefficient (Wildman–Crippen LogP) is 5.32. The zero-order valence-electron chi connectivity index (χ0n) is 18.9. The number of halogens is 1. The lowest BCUT2D eigenvalue weighted by molar-refractivity contribution is 0.396. The summed E-state index contributed by atoms with van der Waals surface area (Å²) in [5.41, 5.74) is 1.32. The quantitative estimate of drug-likeness (QED) is 0.551. The first-order valence-electron chi connectivity index (χ1n) is 11.5. The standard InChI is InChI=1S/C24H32ClN5OS/c1-17-8-3-6-13-30(17)20-15-21(31-2)28-22(27-20)29-23(32)26-16-24(11-4-5-12-24)18-9-7-10-19(25)14-18/h7,9-10,14-15,17H,3-6,8,11-13,16H2,1-2H3,(H2,26,27,28,29,32)/t17-/m1/s1. The maximum atomic E-state index is 6.28. The van der Waals surface area contributed by atoms with E-state index in [4.69, 9.17) is 33.5 Å². The SMILES string of the molecule is COc1cc(N2CCCC[C@H]2C)nc(NC(=S)NCC2(c3cccc(Cl)c3)CCCC2)n1. The fraction of sp³-hybridized carbons (Fsp3) is 0.542. The van der Waals surface area contributed by atoms with E-state index in [2.05, 4.69) is 39.6 Å². The number of piperidine rings is 1. The van der Waals surface area contributed by atoms with Crippen molar-refractivity contribution < 1.29 is 4.74 Å². The molecule has 1 aromatic heterocycles. The summed E-state index contributed by atoms with van der Waals surface area (Å²) >= 11 is 11.9. The molecule has 2 N–H and O–H groups in total. The molecule has 2 aliphatic rings. The maximum Gasteiger partial charge on any atom is 0.234 e. The molecule has 0 bridgehead atoms. The topological polar surface area (TPSA) is 62.3 Å². The van der Waals surface area contributed by atoms with Crippen LogP contribution in [0, 0.1) is 0 Å². The summed E-state index contributed by atoms with van der Waals surface area (Å²) < 4.78 is 5.44. The summed E-state index contributed by atoms with van der Waals surface area (Å²) in [6, 6.07) is 10.6. The molecule has 1 aromatic carbocycles. The molecule has 1 aliphatic carbocycles. The van der Waals surface area contributed by atoms with Gasteiger partial charge in [0.1, 0.15) is 5.82 Å². The Morgan fingerprint density at radius 3 is 2.75 bits per heavy atom. The van der Waals surface area contributed by atoms with Gasteiger partial charge in [0.15, 0.2) is 5.11 Å². The summed E-state index contributed by atoms with van der Waals surface area (Å²) in [4.78, 5) is 11.5. The van der Waals surface area contributed by atoms with E-state index < -0.39 is 0 Å². The molecule has 2 aromatic rings. The average Bonchev–Trinajstić information content (AvgIpc) is 3.28. The first-order chi connectivity index (χ1) is 15.5. The Bertz CT molecular complexity index is 950. The van der Waals surface area contributed by atoms with Gasteiger partial charge >= 0.3 is 0 Å². The lowest BCUT2D eigenvalue weighted by atomic mass is 9.79. The average molecular weight is 474 g/mol. The van der Waals surface area contributed by atoms with Crippen molar-refractivity contribution in [2.24, 2.45) is 0 Å². The number of rotatable bonds is 6. The predicted molar refractivity (Wildman–Crippen MR) is 135 cm³/mol. The third kappa shape index (κ3) is 5.26. The van der Waals surface area contributed by atoms with Crippen molar-refractivity contribution in [3.63, 3.8) is 0 Å². The maximum absolute atomic E-state index is 6.28. The van der Waals surface area contributed by atoms with E-state index in [1.807, 2.05) is 18.2 Å². The molecular weight excluding hydrogens is 442 g/mol. The number of thiocarbonyl (C=S) groups is 1. The van der Waals surface area contributed by atoms with E-state index in [9.17, 15) is 0 Å². The van der Waals surface area contributed by atoms with Crippen LogP contribution in [0.25, 0.3) is 0 Å². The van der Waals surface area contributed by atoms with Crippen molar-refractivity contribution in [3.8, 4) is 5.88 Å². The van der Waals surface area contributed by atoms with Gasteiger partial charge in [0.2, 0.25) is 11.8 Å². The molecule has 1 saturated heterocycles. The van der Waals surface area contributed by atoms with Gasteiger partial charge in [-0.3, -0.25) is 0 Å². The summed E-state index contributed by atoms with van der Waals surface area (Å²) in [6.45, 7) is 3.98. The lowest BCUT2D eigenvalue weighted by Gasteiger charge is -2.34. The Balaban J connectivity index is 1.46. The summed E-state index contributed by atoms with van der Waals surface area (Å²) in [7, 11) is 1.63. The van der Waals surface area contributed by atoms with Gasteiger partial charge in [0.25, 0.3) is 0 Å². The molecule has 1 saturated carbocycles. The van der Waals surface area contributed by atoms with Gasteiger partial charge in [-0.1, -0.05) is 36.6 Å². The highest BCUT2D eigenvalue weighted by Crippen LogP contribution is 2.41. The fourth-order valence-electron chi connectivity index (χ4n) is 4.99. The van der Waals surface area contributed by atoms with Crippen LogP contribution in [0.5, 0.6) is 5.88 Å². The smallest absolute Gasteiger partial charge is 0.234 e. The normalized spacial score (nSPS) is 20.1. The Morgan fingerprint density at radius 2 is 2.03 bits per heavy atom. The number of anilines is 2. The largest absolute Gasteiger partial charge is 0.481 e. The lowest BCUT2D eigenvalue weighted by Crippen LogP contribution is -2.41. The molecule has 32 heavy (non-hydrogen) atoms. The fourth-order valence-corrected chi connectivity index (χ4v) is 5.35. The van der Waals surface area contributed by atoms with Gasteiger partial charge in [-0.2, -0.15) is 9.97 Å². The Kier molecular flexibility index (Phi) is 7.36. The van der Waals surface area contributed by atoms with E-state index in [-0.39, 0.29) is 5.41 Å². The number of nitrogens with zero attached hydrogens (tertiary/aromatic N) is 3. The molecule has 6 nitrogen and oxygen atoms in total. The third-order valence-electron chi connectivity index (χ3n) is 6.81. The van der Waals surface area contributed by atoms with Crippen LogP contribution in [0.1, 0.15) is 57.4 Å². The molecule has 2 heterocycles. The molecule has 8 heteroatoms. The highest BCUT2D eigenvalue weighted by molar-refractivity contribution is 7.80. The number of hydrogen-bond acceptors (Lipinski definition) is 5. The number of ether oxygens (including phenoxy) is 1. The van der Waals surface area contributed by atoms with Crippen molar-refractivity contribution >= 4 is 40.7 Å². The molecule has 4 rings (SSSR count). The number of aromatic nitrogens is 2. The second kappa shape index (κ2) is 10.2. The summed E-state index contributed by atoms with van der Waals surface area (Å²) in [5.74, 6) is 1.86. The molecule has 0 unspecified atom stereocenters. The van der Waals surface area contributed by atoms with Gasteiger partial charge in [-0.05, 0) is 68.9 Å². The monoisotopic (exact) mass is 473 g/mol. The second-order valence-electron chi connectivity index (χ2n) is 8.94. The summed E-state index contributed by atoms with van der Waals surface area (Å²) in [6.07, 6.45) is 8.26. The van der Waals surface area contributed by atoms with Crippen LogP contribution in [0.3, 0.4) is 0 Å². The zero-order chi connectivity index (χ0) is 22.6. The zero-order valence-corrected chi connectivity index (χ0v) is 20.4. The number of methoxy groups -OCH3 is 1. The van der Waals surface area contributed by atoms with Crippen molar-refractivity contribution in [2.45, 2.75) is 63.3 Å². The molecule has 2 fully saturated rings. The highest BCUT2D eigenvalue weighted by Gasteiger charge is 2.35. The Hall–Kier alpha value is -2.12. The first kappa shape index (κ1) is 23.1. The minimum atomic E-state index is 0.0419. The van der Waals surface area contributed by atoms with Gasteiger partial charge in [-0.15, -0.1) is 0 Å². The molecule has 1 atom stereocenters. The van der Waals surface area contributed by atoms with Crippen molar-refractivity contribution in [2.75, 3.05) is 30.4 Å². The summed E-state index contributed by atoms with van der Waals surface area (Å²) in [5, 5.41) is 7.89. The molecular formula is C24H32ClN5OS. The number of benzene rings is 1. The Morgan fingerprint density at radius 1 is 1.22 bits per heavy atom. The minimum Gasteiger partial charge on any atom is -0.481 e. The molecule has 0 amide bonds. The van der Waals surface area contributed by atoms with Crippen LogP contribution >= 0.6 is 23.8 Å². The molecule has 172 valence electrons. The van der Waals surface area contributed by atoms with Crippen LogP contribution in [0.15, 0.2) is 30.3 Å². The second-order valence-corrected chi connectivity index (χ2v) is 9.78. The first-order valence-corrected chi connectivity index (χ1v) is 12.3. The van der Waals surface area contributed by atoms with Crippen LogP contribution in [-0.2, 0) is 5.41 Å². The van der Waals surface area contributed by atoms with Gasteiger partial charge in [0, 0.05) is 35.6 Å². The molecule has 0 spiro atoms. The van der Waals surface area contributed by atoms with Crippen LogP contribution < -0.4 is 20.3 Å². The van der Waals surface area contributed by atoms with E-state index in [0.29, 0.717) is 23.0 Å². The van der Waals surface area contributed by atoms with Gasteiger partial charge in [-0.25, -0.2) is 0 Å². The van der Waals surface area contributed by atoms with E-state index >= 15 is 0 Å². The number of nitrogens with one attached hydrogen (secondary N) is 2. The van der Waals surface area contributed by atoms with Gasteiger partial charge in [0.05, 0.1) is 7.11 Å². The van der Waals surface area contributed by atoms with Crippen molar-refractivity contribution in [1.82, 2.24) is 15.3 Å². The Labute approximate surface area is 201 Å². The van der Waals surface area contributed by atoms with Crippen molar-refractivity contribution in [1.29, 1.82) is 0 Å². The molecule has 0 radical (unpaired) electrons. The minimum absolute atomic E-state index is 0.0419. The van der Waals surface area contributed by atoms with Crippen LogP contribution in [-0.4, -0.2) is 41.3 Å². The molecule has 1 aliphatic heterocycles. The van der Waals surface area contributed by atoms with Gasteiger partial charge < -0.3 is 20.3 Å². The van der Waals surface area contributed by atoms with Crippen LogP contribution in [0.2, 0.25) is 5.02 Å². The van der Waals surface area contributed by atoms with E-state index in [1.165, 1.54) is 37.7 Å². The van der Waals surface area contributed by atoms with E-state index in [0.717, 1.165) is 36.8 Å². The van der Waals surface area contributed by atoms with Crippen molar-refractivity contribution in [3.05, 3.63) is 40.9 Å². The number of hydrogen-bond donors (Lipinski definition) is 2. The highest BCUT2D eigenvalue weighted by atomic mass is 35.5.